The number of hydrogen-bond acceptors (Lipinski definition) is 4. The molecule has 0 aliphatic carbocycles. The molecule has 3 aromatic rings. The zero-order chi connectivity index (χ0) is 16.9. The number of rotatable bonds is 6. The Bertz CT molecular complexity index is 812. The molecule has 0 saturated heterocycles. The van der Waals surface area contributed by atoms with E-state index in [1.54, 1.807) is 18.9 Å². The summed E-state index contributed by atoms with van der Waals surface area (Å²) in [6.45, 7) is 5.03. The van der Waals surface area contributed by atoms with Gasteiger partial charge in [-0.25, -0.2) is 0 Å². The molecule has 4 nitrogen and oxygen atoms in total. The van der Waals surface area contributed by atoms with E-state index in [1.165, 1.54) is 11.1 Å². The Morgan fingerprint density at radius 3 is 2.50 bits per heavy atom. The summed E-state index contributed by atoms with van der Waals surface area (Å²) in [6, 6.07) is 16.5. The molecular weight excluding hydrogens is 318 g/mol. The summed E-state index contributed by atoms with van der Waals surface area (Å²) in [4.78, 5) is 0. The highest BCUT2D eigenvalue weighted by molar-refractivity contribution is 7.98. The van der Waals surface area contributed by atoms with Crippen LogP contribution in [0, 0.1) is 6.92 Å². The van der Waals surface area contributed by atoms with E-state index in [0.29, 0.717) is 0 Å². The molecule has 24 heavy (non-hydrogen) atoms. The Morgan fingerprint density at radius 2 is 1.79 bits per heavy atom. The number of aryl methyl sites for hydroxylation is 1. The van der Waals surface area contributed by atoms with E-state index in [-0.39, 0.29) is 0 Å². The monoisotopic (exact) mass is 339 g/mol. The van der Waals surface area contributed by atoms with E-state index >= 15 is 0 Å². The van der Waals surface area contributed by atoms with Crippen molar-refractivity contribution in [2.45, 2.75) is 31.3 Å². The van der Waals surface area contributed by atoms with Crippen LogP contribution in [0.15, 0.2) is 53.7 Å². The van der Waals surface area contributed by atoms with Gasteiger partial charge in [-0.1, -0.05) is 53.7 Å². The van der Waals surface area contributed by atoms with Crippen LogP contribution in [0.3, 0.4) is 0 Å². The van der Waals surface area contributed by atoms with Crippen LogP contribution in [0.25, 0.3) is 11.4 Å². The van der Waals surface area contributed by atoms with E-state index in [2.05, 4.69) is 52.9 Å². The van der Waals surface area contributed by atoms with Gasteiger partial charge in [-0.05, 0) is 31.5 Å². The minimum absolute atomic E-state index is 0.815. The number of para-hydroxylation sites is 1. The first-order valence-corrected chi connectivity index (χ1v) is 8.96. The zero-order valence-electron chi connectivity index (χ0n) is 14.2. The summed E-state index contributed by atoms with van der Waals surface area (Å²) in [5, 5.41) is 9.73. The number of aromatic nitrogens is 3. The number of hydrogen-bond donors (Lipinski definition) is 0. The van der Waals surface area contributed by atoms with Crippen LogP contribution in [0.1, 0.15) is 18.1 Å². The first-order valence-electron chi connectivity index (χ1n) is 7.98. The van der Waals surface area contributed by atoms with Crippen LogP contribution in [0.4, 0.5) is 0 Å². The van der Waals surface area contributed by atoms with Crippen LogP contribution < -0.4 is 4.74 Å². The van der Waals surface area contributed by atoms with Crippen LogP contribution in [0.2, 0.25) is 0 Å². The highest BCUT2D eigenvalue weighted by atomic mass is 32.2. The number of nitrogens with zero attached hydrogens (tertiary/aromatic N) is 3. The molecule has 0 aliphatic rings. The van der Waals surface area contributed by atoms with Gasteiger partial charge >= 0.3 is 0 Å². The largest absolute Gasteiger partial charge is 0.496 e. The summed E-state index contributed by atoms with van der Waals surface area (Å²) in [6.07, 6.45) is 0. The minimum Gasteiger partial charge on any atom is -0.496 e. The van der Waals surface area contributed by atoms with Crippen molar-refractivity contribution in [1.29, 1.82) is 0 Å². The third kappa shape index (κ3) is 3.46. The first kappa shape index (κ1) is 16.6. The summed E-state index contributed by atoms with van der Waals surface area (Å²) >= 11 is 1.71. The molecule has 5 heteroatoms. The van der Waals surface area contributed by atoms with Crippen LogP contribution in [-0.4, -0.2) is 21.9 Å². The van der Waals surface area contributed by atoms with Gasteiger partial charge in [0.25, 0.3) is 0 Å². The molecule has 1 heterocycles. The van der Waals surface area contributed by atoms with Crippen molar-refractivity contribution < 1.29 is 4.74 Å². The molecule has 0 bridgehead atoms. The SMILES string of the molecule is CCn1c(SCc2ccc(C)cc2)nnc1-c1ccccc1OC. The lowest BCUT2D eigenvalue weighted by Crippen LogP contribution is -2.01. The number of ether oxygens (including phenoxy) is 1. The Morgan fingerprint density at radius 1 is 1.04 bits per heavy atom. The van der Waals surface area contributed by atoms with E-state index in [9.17, 15) is 0 Å². The van der Waals surface area contributed by atoms with Gasteiger partial charge in [0.15, 0.2) is 11.0 Å². The van der Waals surface area contributed by atoms with Gasteiger partial charge in [-0.3, -0.25) is 0 Å². The molecular formula is C19H21N3OS. The van der Waals surface area contributed by atoms with Gasteiger partial charge < -0.3 is 9.30 Å². The molecule has 3 rings (SSSR count). The average Bonchev–Trinajstić information content (AvgIpc) is 3.04. The average molecular weight is 339 g/mol. The second kappa shape index (κ2) is 7.53. The molecule has 0 radical (unpaired) electrons. The summed E-state index contributed by atoms with van der Waals surface area (Å²) in [5.41, 5.74) is 3.53. The second-order valence-electron chi connectivity index (χ2n) is 5.52. The van der Waals surface area contributed by atoms with Gasteiger partial charge in [0.1, 0.15) is 5.75 Å². The molecule has 1 aromatic heterocycles. The normalized spacial score (nSPS) is 10.8. The molecule has 0 fully saturated rings. The molecule has 0 aliphatic heterocycles. The van der Waals surface area contributed by atoms with Gasteiger partial charge in [0, 0.05) is 12.3 Å². The quantitative estimate of drug-likeness (QED) is 0.617. The summed E-state index contributed by atoms with van der Waals surface area (Å²) in [7, 11) is 1.68. The standard InChI is InChI=1S/C19H21N3OS/c1-4-22-18(16-7-5-6-8-17(16)23-3)20-21-19(22)24-13-15-11-9-14(2)10-12-15/h5-12H,4,13H2,1-3H3. The predicted octanol–water partition coefficient (Wildman–Crippen LogP) is 4.57. The summed E-state index contributed by atoms with van der Waals surface area (Å²) in [5.74, 6) is 2.54. The highest BCUT2D eigenvalue weighted by Crippen LogP contribution is 2.31. The van der Waals surface area contributed by atoms with E-state index in [4.69, 9.17) is 4.74 Å². The highest BCUT2D eigenvalue weighted by Gasteiger charge is 2.16. The first-order chi connectivity index (χ1) is 11.7. The van der Waals surface area contributed by atoms with E-state index in [0.717, 1.165) is 34.6 Å². The molecule has 0 atom stereocenters. The van der Waals surface area contributed by atoms with Crippen LogP contribution >= 0.6 is 11.8 Å². The molecule has 0 spiro atoms. The minimum atomic E-state index is 0.815. The van der Waals surface area contributed by atoms with Crippen molar-refractivity contribution >= 4 is 11.8 Å². The third-order valence-electron chi connectivity index (χ3n) is 3.87. The van der Waals surface area contributed by atoms with Crippen molar-refractivity contribution in [1.82, 2.24) is 14.8 Å². The van der Waals surface area contributed by atoms with Crippen molar-refractivity contribution in [2.24, 2.45) is 0 Å². The lowest BCUT2D eigenvalue weighted by atomic mass is 10.2. The fraction of sp³-hybridized carbons (Fsp3) is 0.263. The molecule has 0 saturated carbocycles. The molecule has 124 valence electrons. The smallest absolute Gasteiger partial charge is 0.191 e. The maximum absolute atomic E-state index is 5.46. The number of thioether (sulfide) groups is 1. The molecule has 0 amide bonds. The Hall–Kier alpha value is -2.27. The number of benzene rings is 2. The van der Waals surface area contributed by atoms with Crippen molar-refractivity contribution in [3.8, 4) is 17.1 Å². The Balaban J connectivity index is 1.85. The van der Waals surface area contributed by atoms with Crippen LogP contribution in [-0.2, 0) is 12.3 Å². The Kier molecular flexibility index (Phi) is 5.20. The predicted molar refractivity (Wildman–Crippen MR) is 98.4 cm³/mol. The number of methoxy groups -OCH3 is 1. The zero-order valence-corrected chi connectivity index (χ0v) is 15.0. The van der Waals surface area contributed by atoms with Gasteiger partial charge in [-0.15, -0.1) is 10.2 Å². The van der Waals surface area contributed by atoms with Gasteiger partial charge in [-0.2, -0.15) is 0 Å². The molecule has 0 N–H and O–H groups in total. The van der Waals surface area contributed by atoms with Crippen molar-refractivity contribution in [2.75, 3.05) is 7.11 Å². The van der Waals surface area contributed by atoms with E-state index < -0.39 is 0 Å². The maximum atomic E-state index is 5.46. The third-order valence-corrected chi connectivity index (χ3v) is 4.91. The second-order valence-corrected chi connectivity index (χ2v) is 6.47. The van der Waals surface area contributed by atoms with E-state index in [1.807, 2.05) is 24.3 Å². The van der Waals surface area contributed by atoms with Crippen molar-refractivity contribution in [3.05, 3.63) is 59.7 Å². The maximum Gasteiger partial charge on any atom is 0.191 e. The lowest BCUT2D eigenvalue weighted by Gasteiger charge is -2.10. The fourth-order valence-electron chi connectivity index (χ4n) is 2.54. The topological polar surface area (TPSA) is 39.9 Å². The fourth-order valence-corrected chi connectivity index (χ4v) is 3.50. The van der Waals surface area contributed by atoms with Gasteiger partial charge in [0.05, 0.1) is 12.7 Å². The lowest BCUT2D eigenvalue weighted by molar-refractivity contribution is 0.416. The molecule has 0 unspecified atom stereocenters. The summed E-state index contributed by atoms with van der Waals surface area (Å²) < 4.78 is 7.60. The van der Waals surface area contributed by atoms with Gasteiger partial charge in [0.2, 0.25) is 0 Å². The Labute approximate surface area is 146 Å². The van der Waals surface area contributed by atoms with Crippen LogP contribution in [0.5, 0.6) is 5.75 Å². The van der Waals surface area contributed by atoms with Crippen molar-refractivity contribution in [3.63, 3.8) is 0 Å². The molecule has 2 aromatic carbocycles.